The molecule has 1 rings (SSSR count). The molecule has 7 nitrogen and oxygen atoms in total. The second-order valence-electron chi connectivity index (χ2n) is 3.29. The van der Waals surface area contributed by atoms with Crippen LogP contribution in [0.15, 0.2) is 23.1 Å². The third-order valence-corrected chi connectivity index (χ3v) is 2.70. The Balaban J connectivity index is 0.000000399. The van der Waals surface area contributed by atoms with Crippen molar-refractivity contribution >= 4 is 16.1 Å². The quantitative estimate of drug-likeness (QED) is 0.436. The number of carbonyl (C=O) groups is 1. The molecule has 0 aliphatic carbocycles. The number of phenols is 2. The predicted octanol–water partition coefficient (Wildman–Crippen LogP) is 1.30. The van der Waals surface area contributed by atoms with Gasteiger partial charge in [0.25, 0.3) is 10.1 Å². The Bertz CT molecular complexity index is 522. The van der Waals surface area contributed by atoms with Gasteiger partial charge in [-0.25, -0.2) is 0 Å². The highest BCUT2D eigenvalue weighted by Gasteiger charge is 2.15. The predicted molar refractivity (Wildman–Crippen MR) is 66.5 cm³/mol. The Morgan fingerprint density at radius 3 is 2.16 bits per heavy atom. The summed E-state index contributed by atoms with van der Waals surface area (Å²) in [5.74, 6) is -1.07. The molecule has 19 heavy (non-hydrogen) atoms. The standard InChI is InChI=1S/C6H6O5S.C5H10O2/c7-4-1-2-5(8)6(3-4)12(9,10)11;1-3-5(6)7-4-2/h1-3,7-8H,(H,9,10,11);3-4H2,1-2H3. The summed E-state index contributed by atoms with van der Waals surface area (Å²) in [4.78, 5) is 9.48. The SMILES string of the molecule is CCOC(=O)CC.O=S(=O)(O)c1cc(O)ccc1O. The van der Waals surface area contributed by atoms with Gasteiger partial charge in [0.15, 0.2) is 0 Å². The number of aromatic hydroxyl groups is 2. The summed E-state index contributed by atoms with van der Waals surface area (Å²) in [5, 5.41) is 17.7. The molecule has 0 heterocycles. The molecule has 3 N–H and O–H groups in total. The molecule has 108 valence electrons. The van der Waals surface area contributed by atoms with Crippen LogP contribution in [0.25, 0.3) is 0 Å². The minimum Gasteiger partial charge on any atom is -0.508 e. The first kappa shape index (κ1) is 17.2. The van der Waals surface area contributed by atoms with Gasteiger partial charge in [0, 0.05) is 12.5 Å². The van der Waals surface area contributed by atoms with E-state index in [1.54, 1.807) is 13.8 Å². The second kappa shape index (κ2) is 7.59. The number of phenolic OH excluding ortho intramolecular Hbond substituents is 2. The zero-order valence-corrected chi connectivity index (χ0v) is 11.3. The number of esters is 1. The molecule has 0 atom stereocenters. The van der Waals surface area contributed by atoms with Crippen LogP contribution in [0.3, 0.4) is 0 Å². The Labute approximate surface area is 111 Å². The van der Waals surface area contributed by atoms with Gasteiger partial charge in [-0.15, -0.1) is 0 Å². The highest BCUT2D eigenvalue weighted by Crippen LogP contribution is 2.25. The van der Waals surface area contributed by atoms with Crippen LogP contribution >= 0.6 is 0 Å². The zero-order chi connectivity index (χ0) is 15.1. The third kappa shape index (κ3) is 6.63. The molecule has 0 amide bonds. The van der Waals surface area contributed by atoms with Crippen molar-refractivity contribution in [1.82, 2.24) is 0 Å². The van der Waals surface area contributed by atoms with Gasteiger partial charge in [-0.1, -0.05) is 6.92 Å². The monoisotopic (exact) mass is 292 g/mol. The molecule has 0 saturated carbocycles. The molecule has 8 heteroatoms. The number of rotatable bonds is 3. The van der Waals surface area contributed by atoms with E-state index in [2.05, 4.69) is 4.74 Å². The van der Waals surface area contributed by atoms with Crippen molar-refractivity contribution in [3.8, 4) is 11.5 Å². The van der Waals surface area contributed by atoms with E-state index in [0.29, 0.717) is 13.0 Å². The highest BCUT2D eigenvalue weighted by molar-refractivity contribution is 7.86. The molecule has 0 radical (unpaired) electrons. The van der Waals surface area contributed by atoms with E-state index in [1.807, 2.05) is 0 Å². The Kier molecular flexibility index (Phi) is 6.87. The average molecular weight is 292 g/mol. The topological polar surface area (TPSA) is 121 Å². The van der Waals surface area contributed by atoms with Crippen LogP contribution < -0.4 is 0 Å². The van der Waals surface area contributed by atoms with Gasteiger partial charge in [0.2, 0.25) is 0 Å². The lowest BCUT2D eigenvalue weighted by Crippen LogP contribution is -2.00. The maximum atomic E-state index is 10.5. The molecule has 0 saturated heterocycles. The normalized spacial score (nSPS) is 10.3. The van der Waals surface area contributed by atoms with Gasteiger partial charge < -0.3 is 14.9 Å². The Morgan fingerprint density at radius 2 is 1.84 bits per heavy atom. The molecule has 0 aliphatic heterocycles. The van der Waals surface area contributed by atoms with Crippen molar-refractivity contribution in [3.05, 3.63) is 18.2 Å². The van der Waals surface area contributed by atoms with Crippen LogP contribution in [0.2, 0.25) is 0 Å². The molecule has 1 aromatic rings. The van der Waals surface area contributed by atoms with E-state index in [-0.39, 0.29) is 11.7 Å². The number of ether oxygens (including phenoxy) is 1. The third-order valence-electron chi connectivity index (χ3n) is 1.82. The fraction of sp³-hybridized carbons (Fsp3) is 0.364. The number of hydrogen-bond donors (Lipinski definition) is 3. The molecule has 0 aliphatic rings. The van der Waals surface area contributed by atoms with Crippen LogP contribution in [0.5, 0.6) is 11.5 Å². The molecule has 0 spiro atoms. The summed E-state index contributed by atoms with van der Waals surface area (Å²) in [7, 11) is -4.47. The van der Waals surface area contributed by atoms with Crippen molar-refractivity contribution in [2.45, 2.75) is 25.2 Å². The summed E-state index contributed by atoms with van der Waals surface area (Å²) in [6.45, 7) is 4.07. The summed E-state index contributed by atoms with van der Waals surface area (Å²) in [5.41, 5.74) is 0. The minimum absolute atomic E-state index is 0.123. The summed E-state index contributed by atoms with van der Waals surface area (Å²) < 4.78 is 34.0. The second-order valence-corrected chi connectivity index (χ2v) is 4.68. The molecule has 1 aromatic carbocycles. The fourth-order valence-electron chi connectivity index (χ4n) is 0.972. The first-order chi connectivity index (χ1) is 8.72. The van der Waals surface area contributed by atoms with Crippen molar-refractivity contribution in [1.29, 1.82) is 0 Å². The first-order valence-electron chi connectivity index (χ1n) is 5.37. The van der Waals surface area contributed by atoms with Crippen molar-refractivity contribution in [2.24, 2.45) is 0 Å². The van der Waals surface area contributed by atoms with Gasteiger partial charge in [0.05, 0.1) is 6.61 Å². The summed E-state index contributed by atoms with van der Waals surface area (Å²) in [6, 6.07) is 2.83. The maximum absolute atomic E-state index is 10.5. The smallest absolute Gasteiger partial charge is 0.305 e. The van der Waals surface area contributed by atoms with E-state index in [9.17, 15) is 13.2 Å². The van der Waals surface area contributed by atoms with Gasteiger partial charge in [-0.05, 0) is 19.1 Å². The van der Waals surface area contributed by atoms with E-state index in [1.165, 1.54) is 0 Å². The van der Waals surface area contributed by atoms with Gasteiger partial charge in [0.1, 0.15) is 16.4 Å². The van der Waals surface area contributed by atoms with Crippen molar-refractivity contribution in [3.63, 3.8) is 0 Å². The average Bonchev–Trinajstić information content (AvgIpc) is 2.32. The van der Waals surface area contributed by atoms with Crippen LogP contribution in [0.4, 0.5) is 0 Å². The minimum atomic E-state index is -4.47. The van der Waals surface area contributed by atoms with Gasteiger partial charge in [-0.2, -0.15) is 8.42 Å². The Morgan fingerprint density at radius 1 is 1.26 bits per heavy atom. The summed E-state index contributed by atoms with van der Waals surface area (Å²) >= 11 is 0. The molecular formula is C11H16O7S. The van der Waals surface area contributed by atoms with Crippen LogP contribution in [-0.4, -0.2) is 35.8 Å². The molecule has 0 bridgehead atoms. The number of hydrogen-bond acceptors (Lipinski definition) is 6. The molecule has 0 fully saturated rings. The van der Waals surface area contributed by atoms with Gasteiger partial charge >= 0.3 is 5.97 Å². The van der Waals surface area contributed by atoms with Crippen LogP contribution in [-0.2, 0) is 19.6 Å². The van der Waals surface area contributed by atoms with Crippen molar-refractivity contribution in [2.75, 3.05) is 6.61 Å². The van der Waals surface area contributed by atoms with E-state index >= 15 is 0 Å². The van der Waals surface area contributed by atoms with E-state index in [4.69, 9.17) is 14.8 Å². The molecule has 0 unspecified atom stereocenters. The fourth-order valence-corrected chi connectivity index (χ4v) is 1.57. The zero-order valence-electron chi connectivity index (χ0n) is 10.5. The van der Waals surface area contributed by atoms with E-state index in [0.717, 1.165) is 18.2 Å². The number of carbonyl (C=O) groups excluding carboxylic acids is 1. The lowest BCUT2D eigenvalue weighted by Gasteiger charge is -2.00. The van der Waals surface area contributed by atoms with E-state index < -0.39 is 20.8 Å². The molecule has 0 aromatic heterocycles. The van der Waals surface area contributed by atoms with Crippen molar-refractivity contribution < 1.29 is 32.7 Å². The Hall–Kier alpha value is -1.80. The lowest BCUT2D eigenvalue weighted by molar-refractivity contribution is -0.142. The highest BCUT2D eigenvalue weighted by atomic mass is 32.2. The maximum Gasteiger partial charge on any atom is 0.305 e. The number of benzene rings is 1. The summed E-state index contributed by atoms with van der Waals surface area (Å²) in [6.07, 6.45) is 0.480. The van der Waals surface area contributed by atoms with Crippen LogP contribution in [0, 0.1) is 0 Å². The largest absolute Gasteiger partial charge is 0.508 e. The lowest BCUT2D eigenvalue weighted by atomic mass is 10.3. The first-order valence-corrected chi connectivity index (χ1v) is 6.81. The van der Waals surface area contributed by atoms with Gasteiger partial charge in [-0.3, -0.25) is 9.35 Å². The molecular weight excluding hydrogens is 276 g/mol. The van der Waals surface area contributed by atoms with Crippen LogP contribution in [0.1, 0.15) is 20.3 Å².